The Morgan fingerprint density at radius 3 is 2.59 bits per heavy atom. The molecular formula is C11H15ClFNO2S. The van der Waals surface area contributed by atoms with Crippen LogP contribution in [0.2, 0.25) is 5.02 Å². The minimum atomic E-state index is -3.07. The predicted octanol–water partition coefficient (Wildman–Crippen LogP) is 2.71. The summed E-state index contributed by atoms with van der Waals surface area (Å²) in [5.74, 6) is -0.395. The van der Waals surface area contributed by atoms with Gasteiger partial charge in [0.1, 0.15) is 5.82 Å². The Morgan fingerprint density at radius 1 is 1.41 bits per heavy atom. The number of rotatable bonds is 5. The highest BCUT2D eigenvalue weighted by Gasteiger charge is 2.15. The maximum atomic E-state index is 12.8. The van der Waals surface area contributed by atoms with Crippen LogP contribution in [0.5, 0.6) is 0 Å². The number of nitrogens with one attached hydrogen (secondary N) is 1. The lowest BCUT2D eigenvalue weighted by atomic mass is 10.3. The zero-order valence-electron chi connectivity index (χ0n) is 9.70. The van der Waals surface area contributed by atoms with Crippen molar-refractivity contribution in [1.29, 1.82) is 0 Å². The summed E-state index contributed by atoms with van der Waals surface area (Å²) < 4.78 is 35.8. The molecule has 0 saturated heterocycles. The fourth-order valence-electron chi connectivity index (χ4n) is 1.20. The molecule has 0 heterocycles. The Bertz CT molecular complexity index is 488. The van der Waals surface area contributed by atoms with E-state index in [0.29, 0.717) is 5.69 Å². The van der Waals surface area contributed by atoms with Crippen molar-refractivity contribution in [2.75, 3.05) is 17.6 Å². The highest BCUT2D eigenvalue weighted by Crippen LogP contribution is 2.22. The summed E-state index contributed by atoms with van der Waals surface area (Å²) in [5, 5.41) is 2.72. The Morgan fingerprint density at radius 2 is 2.06 bits per heavy atom. The Balaban J connectivity index is 2.58. The summed E-state index contributed by atoms with van der Waals surface area (Å²) in [6.07, 6.45) is 0. The van der Waals surface area contributed by atoms with Gasteiger partial charge in [0.2, 0.25) is 0 Å². The van der Waals surface area contributed by atoms with Crippen molar-refractivity contribution in [3.8, 4) is 0 Å². The molecule has 0 aliphatic carbocycles. The molecule has 0 aliphatic heterocycles. The Kier molecular flexibility index (Phi) is 4.77. The second kappa shape index (κ2) is 5.69. The van der Waals surface area contributed by atoms with Crippen LogP contribution in [0.1, 0.15) is 13.8 Å². The van der Waals surface area contributed by atoms with Crippen molar-refractivity contribution in [2.45, 2.75) is 19.1 Å². The number of halogens is 2. The lowest BCUT2D eigenvalue weighted by Crippen LogP contribution is -2.23. The molecule has 1 N–H and O–H groups in total. The first-order valence-electron chi connectivity index (χ1n) is 5.23. The molecule has 6 heteroatoms. The quantitative estimate of drug-likeness (QED) is 0.901. The van der Waals surface area contributed by atoms with E-state index in [-0.39, 0.29) is 17.3 Å². The van der Waals surface area contributed by atoms with Crippen LogP contribution < -0.4 is 5.32 Å². The minimum absolute atomic E-state index is 0.0262. The van der Waals surface area contributed by atoms with Crippen LogP contribution in [0.15, 0.2) is 18.2 Å². The molecule has 17 heavy (non-hydrogen) atoms. The van der Waals surface area contributed by atoms with E-state index in [4.69, 9.17) is 11.6 Å². The SMILES string of the molecule is CC(C)S(=O)(=O)CCNc1ccc(F)cc1Cl. The molecule has 0 radical (unpaired) electrons. The lowest BCUT2D eigenvalue weighted by Gasteiger charge is -2.10. The highest BCUT2D eigenvalue weighted by atomic mass is 35.5. The molecule has 96 valence electrons. The average Bonchev–Trinajstić information content (AvgIpc) is 2.21. The third-order valence-electron chi connectivity index (χ3n) is 2.35. The van der Waals surface area contributed by atoms with E-state index in [0.717, 1.165) is 0 Å². The van der Waals surface area contributed by atoms with E-state index in [1.807, 2.05) is 0 Å². The molecule has 0 fully saturated rings. The molecule has 1 aromatic carbocycles. The molecule has 0 aromatic heterocycles. The van der Waals surface area contributed by atoms with Gasteiger partial charge in [-0.15, -0.1) is 0 Å². The molecule has 1 rings (SSSR count). The van der Waals surface area contributed by atoms with Gasteiger partial charge in [-0.3, -0.25) is 0 Å². The largest absolute Gasteiger partial charge is 0.383 e. The van der Waals surface area contributed by atoms with Crippen molar-refractivity contribution in [2.24, 2.45) is 0 Å². The first-order chi connectivity index (χ1) is 7.83. The lowest BCUT2D eigenvalue weighted by molar-refractivity contribution is 0.587. The maximum Gasteiger partial charge on any atom is 0.154 e. The summed E-state index contributed by atoms with van der Waals surface area (Å²) >= 11 is 5.79. The average molecular weight is 280 g/mol. The van der Waals surface area contributed by atoms with Gasteiger partial charge in [-0.2, -0.15) is 0 Å². The van der Waals surface area contributed by atoms with Gasteiger partial charge in [0, 0.05) is 6.54 Å². The molecule has 0 unspecified atom stereocenters. The monoisotopic (exact) mass is 279 g/mol. The van der Waals surface area contributed by atoms with Gasteiger partial charge in [-0.25, -0.2) is 12.8 Å². The topological polar surface area (TPSA) is 46.2 Å². The number of hydrogen-bond acceptors (Lipinski definition) is 3. The highest BCUT2D eigenvalue weighted by molar-refractivity contribution is 7.92. The second-order valence-corrected chi connectivity index (χ2v) is 7.05. The summed E-state index contributed by atoms with van der Waals surface area (Å²) in [6, 6.07) is 3.94. The maximum absolute atomic E-state index is 12.8. The van der Waals surface area contributed by atoms with Gasteiger partial charge in [-0.05, 0) is 32.0 Å². The molecule has 3 nitrogen and oxygen atoms in total. The third kappa shape index (κ3) is 4.16. The van der Waals surface area contributed by atoms with Crippen LogP contribution in [0.25, 0.3) is 0 Å². The van der Waals surface area contributed by atoms with E-state index >= 15 is 0 Å². The molecule has 0 bridgehead atoms. The molecule has 0 saturated carbocycles. The van der Waals surface area contributed by atoms with Crippen LogP contribution >= 0.6 is 11.6 Å². The van der Waals surface area contributed by atoms with E-state index in [2.05, 4.69) is 5.32 Å². The molecule has 0 amide bonds. The van der Waals surface area contributed by atoms with E-state index in [1.165, 1.54) is 18.2 Å². The van der Waals surface area contributed by atoms with Gasteiger partial charge in [0.15, 0.2) is 9.84 Å². The number of anilines is 1. The predicted molar refractivity (Wildman–Crippen MR) is 68.8 cm³/mol. The van der Waals surface area contributed by atoms with Crippen molar-refractivity contribution < 1.29 is 12.8 Å². The molecular weight excluding hydrogens is 265 g/mol. The van der Waals surface area contributed by atoms with Gasteiger partial charge in [-0.1, -0.05) is 11.6 Å². The zero-order chi connectivity index (χ0) is 13.1. The first-order valence-corrected chi connectivity index (χ1v) is 7.33. The normalized spacial score (nSPS) is 11.8. The smallest absolute Gasteiger partial charge is 0.154 e. The summed E-state index contributed by atoms with van der Waals surface area (Å²) in [6.45, 7) is 3.53. The van der Waals surface area contributed by atoms with Crippen molar-refractivity contribution in [1.82, 2.24) is 0 Å². The minimum Gasteiger partial charge on any atom is -0.383 e. The van der Waals surface area contributed by atoms with Gasteiger partial charge < -0.3 is 5.32 Å². The molecule has 0 aliphatic rings. The van der Waals surface area contributed by atoms with Gasteiger partial charge >= 0.3 is 0 Å². The van der Waals surface area contributed by atoms with E-state index in [1.54, 1.807) is 13.8 Å². The first kappa shape index (κ1) is 14.3. The van der Waals surface area contributed by atoms with Crippen LogP contribution in [-0.4, -0.2) is 26.0 Å². The fourth-order valence-corrected chi connectivity index (χ4v) is 2.29. The Hall–Kier alpha value is -0.810. The van der Waals surface area contributed by atoms with E-state index in [9.17, 15) is 12.8 Å². The van der Waals surface area contributed by atoms with Crippen LogP contribution in [0.3, 0.4) is 0 Å². The fraction of sp³-hybridized carbons (Fsp3) is 0.455. The Labute approximate surface area is 106 Å². The third-order valence-corrected chi connectivity index (χ3v) is 4.87. The standard InChI is InChI=1S/C11H15ClFNO2S/c1-8(2)17(15,16)6-5-14-11-4-3-9(13)7-10(11)12/h3-4,7-8,14H,5-6H2,1-2H3. The zero-order valence-corrected chi connectivity index (χ0v) is 11.3. The molecule has 0 spiro atoms. The van der Waals surface area contributed by atoms with Gasteiger partial charge in [0.05, 0.1) is 21.7 Å². The summed E-state index contributed by atoms with van der Waals surface area (Å²) in [5.41, 5.74) is 0.534. The van der Waals surface area contributed by atoms with Crippen molar-refractivity contribution in [3.63, 3.8) is 0 Å². The number of benzene rings is 1. The number of sulfone groups is 1. The second-order valence-electron chi connectivity index (χ2n) is 3.97. The molecule has 1 aromatic rings. The van der Waals surface area contributed by atoms with Crippen LogP contribution in [0, 0.1) is 5.82 Å². The van der Waals surface area contributed by atoms with Gasteiger partial charge in [0.25, 0.3) is 0 Å². The molecule has 0 atom stereocenters. The van der Waals surface area contributed by atoms with Crippen molar-refractivity contribution in [3.05, 3.63) is 29.0 Å². The van der Waals surface area contributed by atoms with Crippen molar-refractivity contribution >= 4 is 27.1 Å². The van der Waals surface area contributed by atoms with E-state index < -0.39 is 20.9 Å². The van der Waals surface area contributed by atoms with Crippen LogP contribution in [-0.2, 0) is 9.84 Å². The van der Waals surface area contributed by atoms with Crippen LogP contribution in [0.4, 0.5) is 10.1 Å². The summed E-state index contributed by atoms with van der Waals surface area (Å²) in [4.78, 5) is 0. The number of hydrogen-bond donors (Lipinski definition) is 1. The summed E-state index contributed by atoms with van der Waals surface area (Å²) in [7, 11) is -3.07.